The number of nitrogens with one attached hydrogen (secondary N) is 2. The van der Waals surface area contributed by atoms with E-state index in [1.54, 1.807) is 0 Å². The van der Waals surface area contributed by atoms with Gasteiger partial charge in [0.05, 0.1) is 6.04 Å². The number of aryl methyl sites for hydroxylation is 1. The van der Waals surface area contributed by atoms with Gasteiger partial charge in [0.15, 0.2) is 0 Å². The number of piperidine rings is 1. The maximum Gasteiger partial charge on any atom is 0.236 e. The van der Waals surface area contributed by atoms with Gasteiger partial charge in [-0.15, -0.1) is 0 Å². The van der Waals surface area contributed by atoms with Gasteiger partial charge in [-0.25, -0.2) is 0 Å². The molecule has 1 fully saturated rings. The Hall–Kier alpha value is -1.26. The van der Waals surface area contributed by atoms with Gasteiger partial charge < -0.3 is 15.5 Å². The average Bonchev–Trinajstić information content (AvgIpc) is 2.51. The lowest BCUT2D eigenvalue weighted by Crippen LogP contribution is -2.50. The zero-order valence-electron chi connectivity index (χ0n) is 13.7. The van der Waals surface area contributed by atoms with Gasteiger partial charge in [-0.3, -0.25) is 4.79 Å². The van der Waals surface area contributed by atoms with Crippen LogP contribution in [-0.4, -0.2) is 37.6 Å². The summed E-state index contributed by atoms with van der Waals surface area (Å²) >= 11 is 6.21. The minimum atomic E-state index is -0.134. The molecule has 122 valence electrons. The van der Waals surface area contributed by atoms with E-state index in [0.29, 0.717) is 12.6 Å². The highest BCUT2D eigenvalue weighted by Crippen LogP contribution is 2.25. The van der Waals surface area contributed by atoms with Crippen LogP contribution in [0.15, 0.2) is 18.2 Å². The number of carbonyl (C=O) groups excluding carboxylic acids is 1. The highest BCUT2D eigenvalue weighted by atomic mass is 35.5. The smallest absolute Gasteiger partial charge is 0.236 e. The number of anilines is 1. The number of nitrogens with zero attached hydrogens (tertiary/aromatic N) is 1. The minimum Gasteiger partial charge on any atom is -0.371 e. The molecule has 0 unspecified atom stereocenters. The highest BCUT2D eigenvalue weighted by molar-refractivity contribution is 6.31. The Labute approximate surface area is 138 Å². The molecular formula is C17H26ClN3O. The van der Waals surface area contributed by atoms with Crippen molar-refractivity contribution in [2.24, 2.45) is 0 Å². The van der Waals surface area contributed by atoms with E-state index in [1.807, 2.05) is 26.8 Å². The Morgan fingerprint density at radius 1 is 1.41 bits per heavy atom. The molecule has 1 saturated heterocycles. The minimum absolute atomic E-state index is 0.0789. The summed E-state index contributed by atoms with van der Waals surface area (Å²) in [7, 11) is 0. The monoisotopic (exact) mass is 323 g/mol. The van der Waals surface area contributed by atoms with Crippen molar-refractivity contribution in [3.05, 3.63) is 28.8 Å². The van der Waals surface area contributed by atoms with E-state index in [0.717, 1.165) is 36.5 Å². The van der Waals surface area contributed by atoms with Crippen LogP contribution in [0.5, 0.6) is 0 Å². The SMILES string of the molecule is CCNC(=O)[C@H](C)NC1CCN(c2ccc(C)c(Cl)c2)CC1. The van der Waals surface area contributed by atoms with Crippen molar-refractivity contribution >= 4 is 23.2 Å². The zero-order chi connectivity index (χ0) is 16.1. The van der Waals surface area contributed by atoms with Gasteiger partial charge in [-0.1, -0.05) is 17.7 Å². The molecule has 1 aliphatic heterocycles. The lowest BCUT2D eigenvalue weighted by Gasteiger charge is -2.35. The molecule has 1 heterocycles. The maximum atomic E-state index is 11.8. The second kappa shape index (κ2) is 7.84. The van der Waals surface area contributed by atoms with E-state index >= 15 is 0 Å². The molecule has 4 nitrogen and oxygen atoms in total. The van der Waals surface area contributed by atoms with Crippen molar-refractivity contribution in [1.29, 1.82) is 0 Å². The van der Waals surface area contributed by atoms with Crippen LogP contribution in [0.25, 0.3) is 0 Å². The Balaban J connectivity index is 1.85. The summed E-state index contributed by atoms with van der Waals surface area (Å²) in [5.41, 5.74) is 2.29. The highest BCUT2D eigenvalue weighted by Gasteiger charge is 2.23. The van der Waals surface area contributed by atoms with Crippen molar-refractivity contribution in [3.63, 3.8) is 0 Å². The molecule has 22 heavy (non-hydrogen) atoms. The van der Waals surface area contributed by atoms with Crippen LogP contribution in [0.1, 0.15) is 32.3 Å². The largest absolute Gasteiger partial charge is 0.371 e. The third-order valence-corrected chi connectivity index (χ3v) is 4.65. The van der Waals surface area contributed by atoms with Gasteiger partial charge in [-0.2, -0.15) is 0 Å². The van der Waals surface area contributed by atoms with Crippen LogP contribution in [0.2, 0.25) is 5.02 Å². The van der Waals surface area contributed by atoms with Crippen LogP contribution in [-0.2, 0) is 4.79 Å². The molecule has 0 radical (unpaired) electrons. The molecule has 0 aliphatic carbocycles. The number of hydrogen-bond acceptors (Lipinski definition) is 3. The van der Waals surface area contributed by atoms with E-state index in [2.05, 4.69) is 27.7 Å². The molecule has 5 heteroatoms. The van der Waals surface area contributed by atoms with Crippen LogP contribution < -0.4 is 15.5 Å². The molecule has 0 spiro atoms. The molecule has 1 atom stereocenters. The molecule has 0 saturated carbocycles. The number of amides is 1. The van der Waals surface area contributed by atoms with Gasteiger partial charge in [0, 0.05) is 36.4 Å². The molecule has 1 aromatic carbocycles. The Morgan fingerprint density at radius 3 is 2.68 bits per heavy atom. The summed E-state index contributed by atoms with van der Waals surface area (Å²) in [4.78, 5) is 14.1. The molecular weight excluding hydrogens is 298 g/mol. The number of halogens is 1. The standard InChI is InChI=1S/C17H26ClN3O/c1-4-19-17(22)13(3)20-14-7-9-21(10-8-14)15-6-5-12(2)16(18)11-15/h5-6,11,13-14,20H,4,7-10H2,1-3H3,(H,19,22)/t13-/m0/s1. The molecule has 1 amide bonds. The van der Waals surface area contributed by atoms with Gasteiger partial charge in [0.25, 0.3) is 0 Å². The molecule has 0 bridgehead atoms. The van der Waals surface area contributed by atoms with Gasteiger partial charge >= 0.3 is 0 Å². The summed E-state index contributed by atoms with van der Waals surface area (Å²) in [6, 6.07) is 6.51. The first kappa shape index (κ1) is 17.1. The summed E-state index contributed by atoms with van der Waals surface area (Å²) in [6.07, 6.45) is 2.07. The summed E-state index contributed by atoms with van der Waals surface area (Å²) in [5, 5.41) is 7.11. The summed E-state index contributed by atoms with van der Waals surface area (Å²) in [5.74, 6) is 0.0789. The first-order valence-corrected chi connectivity index (χ1v) is 8.44. The normalized spacial score (nSPS) is 17.4. The van der Waals surface area contributed by atoms with E-state index in [4.69, 9.17) is 11.6 Å². The second-order valence-electron chi connectivity index (χ2n) is 5.98. The van der Waals surface area contributed by atoms with E-state index in [1.165, 1.54) is 5.69 Å². The van der Waals surface area contributed by atoms with E-state index in [9.17, 15) is 4.79 Å². The molecule has 2 rings (SSSR count). The zero-order valence-corrected chi connectivity index (χ0v) is 14.4. The molecule has 1 aliphatic rings. The van der Waals surface area contributed by atoms with Crippen molar-refractivity contribution in [3.8, 4) is 0 Å². The van der Waals surface area contributed by atoms with Crippen molar-refractivity contribution in [2.75, 3.05) is 24.5 Å². The fourth-order valence-corrected chi connectivity index (χ4v) is 3.01. The van der Waals surface area contributed by atoms with Crippen molar-refractivity contribution in [2.45, 2.75) is 45.7 Å². The van der Waals surface area contributed by atoms with Gasteiger partial charge in [-0.05, 0) is 51.3 Å². The maximum absolute atomic E-state index is 11.8. The third kappa shape index (κ3) is 4.37. The number of carbonyl (C=O) groups is 1. The van der Waals surface area contributed by atoms with Crippen LogP contribution in [0.4, 0.5) is 5.69 Å². The number of likely N-dealkylation sites (N-methyl/N-ethyl adjacent to an activating group) is 1. The predicted octanol–water partition coefficient (Wildman–Crippen LogP) is 2.73. The quantitative estimate of drug-likeness (QED) is 0.875. The van der Waals surface area contributed by atoms with E-state index in [-0.39, 0.29) is 11.9 Å². The summed E-state index contributed by atoms with van der Waals surface area (Å²) < 4.78 is 0. The molecule has 2 N–H and O–H groups in total. The lowest BCUT2D eigenvalue weighted by atomic mass is 10.0. The Kier molecular flexibility index (Phi) is 6.09. The first-order valence-electron chi connectivity index (χ1n) is 8.06. The van der Waals surface area contributed by atoms with E-state index < -0.39 is 0 Å². The van der Waals surface area contributed by atoms with Gasteiger partial charge in [0.1, 0.15) is 0 Å². The second-order valence-corrected chi connectivity index (χ2v) is 6.38. The topological polar surface area (TPSA) is 44.4 Å². The predicted molar refractivity (Wildman–Crippen MR) is 92.7 cm³/mol. The Bertz CT molecular complexity index is 513. The first-order chi connectivity index (χ1) is 10.5. The fraction of sp³-hybridized carbons (Fsp3) is 0.588. The number of rotatable bonds is 5. The van der Waals surface area contributed by atoms with Gasteiger partial charge in [0.2, 0.25) is 5.91 Å². The van der Waals surface area contributed by atoms with Crippen molar-refractivity contribution in [1.82, 2.24) is 10.6 Å². The lowest BCUT2D eigenvalue weighted by molar-refractivity contribution is -0.122. The van der Waals surface area contributed by atoms with Crippen molar-refractivity contribution < 1.29 is 4.79 Å². The van der Waals surface area contributed by atoms with Crippen LogP contribution in [0.3, 0.4) is 0 Å². The average molecular weight is 324 g/mol. The number of hydrogen-bond donors (Lipinski definition) is 2. The fourth-order valence-electron chi connectivity index (χ4n) is 2.84. The van der Waals surface area contributed by atoms with Crippen LogP contribution in [0, 0.1) is 6.92 Å². The Morgan fingerprint density at radius 2 is 2.09 bits per heavy atom. The molecule has 1 aromatic rings. The number of benzene rings is 1. The third-order valence-electron chi connectivity index (χ3n) is 4.25. The van der Waals surface area contributed by atoms with Crippen LogP contribution >= 0.6 is 11.6 Å². The molecule has 0 aromatic heterocycles. The summed E-state index contributed by atoms with van der Waals surface area (Å²) in [6.45, 7) is 8.54.